The predicted molar refractivity (Wildman–Crippen MR) is 92.0 cm³/mol. The number of hydrogen-bond donors (Lipinski definition) is 2. The van der Waals surface area contributed by atoms with Crippen LogP contribution >= 0.6 is 0 Å². The molecule has 0 unspecified atom stereocenters. The molecule has 1 heterocycles. The fourth-order valence-electron chi connectivity index (χ4n) is 2.75. The van der Waals surface area contributed by atoms with Gasteiger partial charge >= 0.3 is 6.61 Å². The van der Waals surface area contributed by atoms with Crippen LogP contribution in [0.4, 0.5) is 8.78 Å². The standard InChI is InChI=1S/C19H18F2N2O2/c1-11-12(2)23-16-8-7-13(9-15(11)16)10-22-18(24)14-5-3-4-6-17(14)25-19(20)21/h3-9,19,23H,10H2,1-2H3,(H,22,24). The average Bonchev–Trinajstić information content (AvgIpc) is 2.87. The molecule has 1 amide bonds. The van der Waals surface area contributed by atoms with Crippen LogP contribution < -0.4 is 10.1 Å². The SMILES string of the molecule is Cc1[nH]c2ccc(CNC(=O)c3ccccc3OC(F)F)cc2c1C. The molecule has 0 fully saturated rings. The topological polar surface area (TPSA) is 54.1 Å². The summed E-state index contributed by atoms with van der Waals surface area (Å²) >= 11 is 0. The number of fused-ring (bicyclic) bond motifs is 1. The highest BCUT2D eigenvalue weighted by Gasteiger charge is 2.15. The molecule has 0 atom stereocenters. The van der Waals surface area contributed by atoms with Crippen molar-refractivity contribution in [2.24, 2.45) is 0 Å². The molecule has 0 aliphatic heterocycles. The minimum Gasteiger partial charge on any atom is -0.434 e. The molecule has 6 heteroatoms. The second-order valence-corrected chi connectivity index (χ2v) is 5.81. The van der Waals surface area contributed by atoms with E-state index in [1.807, 2.05) is 32.0 Å². The number of carbonyl (C=O) groups is 1. The summed E-state index contributed by atoms with van der Waals surface area (Å²) in [5.41, 5.74) is 4.32. The van der Waals surface area contributed by atoms with Gasteiger partial charge < -0.3 is 15.0 Å². The molecule has 3 rings (SSSR count). The zero-order valence-electron chi connectivity index (χ0n) is 13.9. The first-order valence-corrected chi connectivity index (χ1v) is 7.85. The molecule has 0 radical (unpaired) electrons. The van der Waals surface area contributed by atoms with E-state index in [1.165, 1.54) is 17.7 Å². The molecule has 3 aromatic rings. The van der Waals surface area contributed by atoms with Crippen LogP contribution in [0, 0.1) is 13.8 Å². The summed E-state index contributed by atoms with van der Waals surface area (Å²) in [6.45, 7) is 1.36. The molecule has 0 spiro atoms. The summed E-state index contributed by atoms with van der Waals surface area (Å²) in [5.74, 6) is -0.596. The van der Waals surface area contributed by atoms with Crippen LogP contribution in [0.15, 0.2) is 42.5 Å². The lowest BCUT2D eigenvalue weighted by Crippen LogP contribution is -2.23. The Kier molecular flexibility index (Phi) is 4.70. The highest BCUT2D eigenvalue weighted by atomic mass is 19.3. The molecular formula is C19H18F2N2O2. The minimum atomic E-state index is -2.98. The van der Waals surface area contributed by atoms with Crippen molar-refractivity contribution in [2.45, 2.75) is 27.0 Å². The van der Waals surface area contributed by atoms with Gasteiger partial charge in [0, 0.05) is 23.1 Å². The Bertz CT molecular complexity index is 919. The smallest absolute Gasteiger partial charge is 0.387 e. The van der Waals surface area contributed by atoms with E-state index in [2.05, 4.69) is 15.0 Å². The molecule has 0 saturated carbocycles. The molecule has 2 N–H and O–H groups in total. The normalized spacial score (nSPS) is 11.1. The van der Waals surface area contributed by atoms with Gasteiger partial charge in [-0.25, -0.2) is 0 Å². The maximum Gasteiger partial charge on any atom is 0.387 e. The van der Waals surface area contributed by atoms with E-state index in [0.717, 1.165) is 22.2 Å². The van der Waals surface area contributed by atoms with Crippen LogP contribution in [0.25, 0.3) is 10.9 Å². The van der Waals surface area contributed by atoms with Crippen LogP contribution in [0.5, 0.6) is 5.75 Å². The summed E-state index contributed by atoms with van der Waals surface area (Å²) in [6, 6.07) is 11.8. The van der Waals surface area contributed by atoms with Gasteiger partial charge in [-0.2, -0.15) is 8.78 Å². The van der Waals surface area contributed by atoms with Gasteiger partial charge in [-0.05, 0) is 49.2 Å². The predicted octanol–water partition coefficient (Wildman–Crippen LogP) is 4.32. The number of rotatable bonds is 5. The summed E-state index contributed by atoms with van der Waals surface area (Å²) in [6.07, 6.45) is 0. The maximum atomic E-state index is 12.4. The van der Waals surface area contributed by atoms with Crippen molar-refractivity contribution in [1.29, 1.82) is 0 Å². The molecule has 0 aliphatic rings. The number of H-pyrrole nitrogens is 1. The highest BCUT2D eigenvalue weighted by molar-refractivity contribution is 5.97. The number of hydrogen-bond acceptors (Lipinski definition) is 2. The van der Waals surface area contributed by atoms with Crippen molar-refractivity contribution in [2.75, 3.05) is 0 Å². The number of aromatic amines is 1. The van der Waals surface area contributed by atoms with E-state index in [9.17, 15) is 13.6 Å². The fraction of sp³-hybridized carbons (Fsp3) is 0.211. The van der Waals surface area contributed by atoms with E-state index in [-0.39, 0.29) is 11.3 Å². The quantitative estimate of drug-likeness (QED) is 0.724. The Balaban J connectivity index is 1.75. The zero-order chi connectivity index (χ0) is 18.0. The summed E-state index contributed by atoms with van der Waals surface area (Å²) in [7, 11) is 0. The molecule has 4 nitrogen and oxygen atoms in total. The number of benzene rings is 2. The summed E-state index contributed by atoms with van der Waals surface area (Å²) in [5, 5.41) is 3.85. The third kappa shape index (κ3) is 3.63. The number of amides is 1. The number of aromatic nitrogens is 1. The lowest BCUT2D eigenvalue weighted by molar-refractivity contribution is -0.0501. The van der Waals surface area contributed by atoms with Crippen LogP contribution in [0.1, 0.15) is 27.2 Å². The molecule has 0 bridgehead atoms. The van der Waals surface area contributed by atoms with Crippen molar-refractivity contribution in [1.82, 2.24) is 10.3 Å². The van der Waals surface area contributed by atoms with Gasteiger partial charge in [0.25, 0.3) is 5.91 Å². The fourth-order valence-corrected chi connectivity index (χ4v) is 2.75. The number of ether oxygens (including phenoxy) is 1. The Morgan fingerprint density at radius 1 is 1.20 bits per heavy atom. The second kappa shape index (κ2) is 6.93. The average molecular weight is 344 g/mol. The first kappa shape index (κ1) is 17.0. The second-order valence-electron chi connectivity index (χ2n) is 5.81. The summed E-state index contributed by atoms with van der Waals surface area (Å²) < 4.78 is 29.3. The number of carbonyl (C=O) groups excluding carboxylic acids is 1. The van der Waals surface area contributed by atoms with Crippen molar-refractivity contribution in [3.05, 3.63) is 64.8 Å². The molecule has 0 saturated heterocycles. The van der Waals surface area contributed by atoms with Crippen LogP contribution in [-0.4, -0.2) is 17.5 Å². The van der Waals surface area contributed by atoms with Crippen molar-refractivity contribution < 1.29 is 18.3 Å². The van der Waals surface area contributed by atoms with E-state index in [1.54, 1.807) is 12.1 Å². The molecule has 1 aromatic heterocycles. The lowest BCUT2D eigenvalue weighted by Gasteiger charge is -2.11. The zero-order valence-corrected chi connectivity index (χ0v) is 13.9. The van der Waals surface area contributed by atoms with Crippen LogP contribution in [-0.2, 0) is 6.54 Å². The van der Waals surface area contributed by atoms with Gasteiger partial charge in [0.1, 0.15) is 5.75 Å². The number of aryl methyl sites for hydroxylation is 2. The van der Waals surface area contributed by atoms with Gasteiger partial charge in [-0.1, -0.05) is 18.2 Å². The highest BCUT2D eigenvalue weighted by Crippen LogP contribution is 2.23. The first-order valence-electron chi connectivity index (χ1n) is 7.85. The third-order valence-electron chi connectivity index (χ3n) is 4.17. The van der Waals surface area contributed by atoms with E-state index >= 15 is 0 Å². The van der Waals surface area contributed by atoms with Crippen molar-refractivity contribution in [3.8, 4) is 5.75 Å². The molecular weight excluding hydrogens is 326 g/mol. The van der Waals surface area contributed by atoms with Crippen molar-refractivity contribution >= 4 is 16.8 Å². The maximum absolute atomic E-state index is 12.4. The Morgan fingerprint density at radius 2 is 1.96 bits per heavy atom. The van der Waals surface area contributed by atoms with Gasteiger partial charge in [-0.3, -0.25) is 4.79 Å². The van der Waals surface area contributed by atoms with Gasteiger partial charge in [0.05, 0.1) is 5.56 Å². The van der Waals surface area contributed by atoms with Gasteiger partial charge in [0.2, 0.25) is 0 Å². The first-order chi connectivity index (χ1) is 12.0. The Morgan fingerprint density at radius 3 is 2.72 bits per heavy atom. The largest absolute Gasteiger partial charge is 0.434 e. The molecule has 130 valence electrons. The lowest BCUT2D eigenvalue weighted by atomic mass is 10.1. The van der Waals surface area contributed by atoms with Gasteiger partial charge in [-0.15, -0.1) is 0 Å². The number of alkyl halides is 2. The van der Waals surface area contributed by atoms with E-state index < -0.39 is 12.5 Å². The van der Waals surface area contributed by atoms with Crippen LogP contribution in [0.3, 0.4) is 0 Å². The number of halogens is 2. The third-order valence-corrected chi connectivity index (χ3v) is 4.17. The number of nitrogens with one attached hydrogen (secondary N) is 2. The molecule has 25 heavy (non-hydrogen) atoms. The minimum absolute atomic E-state index is 0.0811. The van der Waals surface area contributed by atoms with Crippen molar-refractivity contribution in [3.63, 3.8) is 0 Å². The number of para-hydroxylation sites is 1. The summed E-state index contributed by atoms with van der Waals surface area (Å²) in [4.78, 5) is 15.6. The Hall–Kier alpha value is -2.89. The van der Waals surface area contributed by atoms with Gasteiger partial charge in [0.15, 0.2) is 0 Å². The molecule has 2 aromatic carbocycles. The molecule has 0 aliphatic carbocycles. The van der Waals surface area contributed by atoms with E-state index in [4.69, 9.17) is 0 Å². The van der Waals surface area contributed by atoms with Crippen LogP contribution in [0.2, 0.25) is 0 Å². The van der Waals surface area contributed by atoms with E-state index in [0.29, 0.717) is 6.54 Å². The Labute approximate surface area is 143 Å². The monoisotopic (exact) mass is 344 g/mol.